The highest BCUT2D eigenvalue weighted by molar-refractivity contribution is 6.33. The third kappa shape index (κ3) is 6.75. The number of aromatic hydroxyl groups is 1. The van der Waals surface area contributed by atoms with Crippen LogP contribution in [0.15, 0.2) is 28.8 Å². The van der Waals surface area contributed by atoms with Gasteiger partial charge in [-0.25, -0.2) is 0 Å². The van der Waals surface area contributed by atoms with Crippen LogP contribution < -0.4 is 16.2 Å². The number of amides is 2. The molecule has 5 N–H and O–H groups in total. The average molecular weight is 518 g/mol. The van der Waals surface area contributed by atoms with Crippen LogP contribution in [0, 0.1) is 24.2 Å². The zero-order chi connectivity index (χ0) is 27.2. The zero-order valence-corrected chi connectivity index (χ0v) is 22.3. The van der Waals surface area contributed by atoms with E-state index in [0.717, 1.165) is 12.0 Å². The zero-order valence-electron chi connectivity index (χ0n) is 21.6. The van der Waals surface area contributed by atoms with Crippen molar-refractivity contribution in [3.63, 3.8) is 0 Å². The van der Waals surface area contributed by atoms with Crippen LogP contribution in [-0.2, 0) is 20.8 Å². The fraction of sp³-hybridized carbons (Fsp3) is 0.481. The van der Waals surface area contributed by atoms with Gasteiger partial charge in [-0.15, -0.1) is 0 Å². The second-order valence-corrected chi connectivity index (χ2v) is 10.1. The molecular weight excluding hydrogens is 482 g/mol. The van der Waals surface area contributed by atoms with E-state index < -0.39 is 18.4 Å². The van der Waals surface area contributed by atoms with Gasteiger partial charge in [-0.2, -0.15) is 0 Å². The van der Waals surface area contributed by atoms with E-state index in [1.807, 2.05) is 26.0 Å². The first kappa shape index (κ1) is 29.1. The highest BCUT2D eigenvalue weighted by atomic mass is 35.5. The summed E-state index contributed by atoms with van der Waals surface area (Å²) in [5.74, 6) is -0.704. The van der Waals surface area contributed by atoms with Gasteiger partial charge in [-0.3, -0.25) is 19.4 Å². The molecule has 0 unspecified atom stereocenters. The lowest BCUT2D eigenvalue weighted by Gasteiger charge is -2.42. The van der Waals surface area contributed by atoms with E-state index in [1.54, 1.807) is 6.92 Å². The van der Waals surface area contributed by atoms with Crippen molar-refractivity contribution in [2.24, 2.45) is 33.7 Å². The minimum atomic E-state index is -0.686. The van der Waals surface area contributed by atoms with Crippen molar-refractivity contribution in [1.82, 2.24) is 0 Å². The van der Waals surface area contributed by atoms with Gasteiger partial charge in [0.05, 0.1) is 5.02 Å². The quantitative estimate of drug-likeness (QED) is 0.319. The number of rotatable bonds is 10. The van der Waals surface area contributed by atoms with Crippen molar-refractivity contribution >= 4 is 35.4 Å². The Hall–Kier alpha value is -3.13. The van der Waals surface area contributed by atoms with Crippen molar-refractivity contribution in [3.8, 4) is 11.5 Å². The molecule has 1 saturated carbocycles. The number of hydrogen-bond donors (Lipinski definition) is 3. The Morgan fingerprint density at radius 3 is 2.56 bits per heavy atom. The molecule has 0 bridgehead atoms. The van der Waals surface area contributed by atoms with Crippen LogP contribution in [0.3, 0.4) is 0 Å². The van der Waals surface area contributed by atoms with Crippen molar-refractivity contribution < 1.29 is 24.2 Å². The minimum absolute atomic E-state index is 0.0682. The summed E-state index contributed by atoms with van der Waals surface area (Å²) < 4.78 is 5.56. The lowest BCUT2D eigenvalue weighted by atomic mass is 9.61. The molecular formula is C27H36ClN3O5. The fourth-order valence-electron chi connectivity index (χ4n) is 4.35. The number of carbonyl (C=O) groups is 3. The number of benzene rings is 1. The number of nitrogens with two attached hydrogens (primary N) is 2. The summed E-state index contributed by atoms with van der Waals surface area (Å²) in [5.41, 5.74) is 12.2. The van der Waals surface area contributed by atoms with Gasteiger partial charge in [0, 0.05) is 29.7 Å². The lowest BCUT2D eigenvalue weighted by Crippen LogP contribution is -2.40. The molecule has 2 amide bonds. The number of aliphatic imine (C=N–C) groups is 1. The Morgan fingerprint density at radius 1 is 1.28 bits per heavy atom. The molecule has 0 spiro atoms. The van der Waals surface area contributed by atoms with Crippen LogP contribution in [0.1, 0.15) is 57.2 Å². The number of carbonyl (C=O) groups excluding carboxylic acids is 3. The predicted molar refractivity (Wildman–Crippen MR) is 141 cm³/mol. The minimum Gasteiger partial charge on any atom is -0.507 e. The Kier molecular flexibility index (Phi) is 9.87. The van der Waals surface area contributed by atoms with Gasteiger partial charge in [0.15, 0.2) is 6.61 Å². The van der Waals surface area contributed by atoms with E-state index in [-0.39, 0.29) is 46.6 Å². The molecule has 0 heterocycles. The molecule has 0 aromatic heterocycles. The molecule has 1 aromatic rings. The molecule has 1 fully saturated rings. The molecule has 2 rings (SSSR count). The molecule has 1 aliphatic rings. The number of halogens is 1. The van der Waals surface area contributed by atoms with Crippen LogP contribution in [0.4, 0.5) is 0 Å². The monoisotopic (exact) mass is 517 g/mol. The van der Waals surface area contributed by atoms with Crippen LogP contribution in [0.2, 0.25) is 5.02 Å². The maximum absolute atomic E-state index is 12.3. The predicted octanol–water partition coefficient (Wildman–Crippen LogP) is 3.81. The number of phenolic OH excluding ortho intramolecular Hbond substituents is 1. The number of phenols is 1. The largest absolute Gasteiger partial charge is 0.507 e. The molecule has 0 saturated heterocycles. The van der Waals surface area contributed by atoms with E-state index in [9.17, 15) is 19.5 Å². The molecule has 9 heteroatoms. The number of ether oxygens (including phenoxy) is 1. The number of hydrogen-bond acceptors (Lipinski definition) is 6. The van der Waals surface area contributed by atoms with Gasteiger partial charge in [-0.05, 0) is 43.6 Å². The molecule has 196 valence electrons. The smallest absolute Gasteiger partial charge is 0.255 e. The number of ketones is 1. The molecule has 1 aromatic carbocycles. The molecule has 0 radical (unpaired) electrons. The highest BCUT2D eigenvalue weighted by Gasteiger charge is 2.41. The van der Waals surface area contributed by atoms with E-state index in [4.69, 9.17) is 27.8 Å². The number of allylic oxidation sites excluding steroid dienone is 4. The standard InChI is InChI=1S/C27H36ClN3O5/c1-15(10-11-27(5)16(2)7-9-21(32)18(27)4)6-8-19-25(35)20(12-31-13-22(29)33)17(3)24(28)26(19)36-14-23(30)34/h6,10-12,16,18,35H,7-9,13-14H2,1-5H3,(H2,29,33)(H2,30,34)/b11-10+,15-6+,31-12-/t16-,18+,27+/m1/s1. The van der Waals surface area contributed by atoms with Gasteiger partial charge >= 0.3 is 0 Å². The summed E-state index contributed by atoms with van der Waals surface area (Å²) in [4.78, 5) is 38.7. The topological polar surface area (TPSA) is 145 Å². The first-order chi connectivity index (χ1) is 16.8. The van der Waals surface area contributed by atoms with Crippen molar-refractivity contribution in [3.05, 3.63) is 45.5 Å². The number of nitrogens with zero attached hydrogens (tertiary/aromatic N) is 1. The van der Waals surface area contributed by atoms with Crippen molar-refractivity contribution in [2.75, 3.05) is 13.2 Å². The first-order valence-corrected chi connectivity index (χ1v) is 12.3. The summed E-state index contributed by atoms with van der Waals surface area (Å²) in [7, 11) is 0. The molecule has 0 aliphatic heterocycles. The first-order valence-electron chi connectivity index (χ1n) is 11.9. The summed E-state index contributed by atoms with van der Waals surface area (Å²) in [5, 5.41) is 11.2. The SMILES string of the molecule is CC(/C=C/[C@@]1(C)[C@H](C)CCC(=O)[C@@H]1C)=C\Cc1c(O)c(/C=N\CC(N)=O)c(C)c(Cl)c1OCC(N)=O. The highest BCUT2D eigenvalue weighted by Crippen LogP contribution is 2.45. The summed E-state index contributed by atoms with van der Waals surface area (Å²) in [6, 6.07) is 0. The van der Waals surface area contributed by atoms with E-state index in [1.165, 1.54) is 6.21 Å². The van der Waals surface area contributed by atoms with Gasteiger partial charge < -0.3 is 21.3 Å². The molecule has 1 aliphatic carbocycles. The summed E-state index contributed by atoms with van der Waals surface area (Å²) in [6.07, 6.45) is 9.02. The third-order valence-corrected chi connectivity index (χ3v) is 7.66. The number of Topliss-reactive ketones (excluding diaryl/α,β-unsaturated/α-hetero) is 1. The van der Waals surface area contributed by atoms with Gasteiger partial charge in [-0.1, -0.05) is 56.2 Å². The lowest BCUT2D eigenvalue weighted by molar-refractivity contribution is -0.129. The van der Waals surface area contributed by atoms with E-state index in [2.05, 4.69) is 24.9 Å². The Morgan fingerprint density at radius 2 is 1.94 bits per heavy atom. The normalized spacial score (nSPS) is 22.9. The maximum Gasteiger partial charge on any atom is 0.255 e. The summed E-state index contributed by atoms with van der Waals surface area (Å²) >= 11 is 6.53. The van der Waals surface area contributed by atoms with E-state index >= 15 is 0 Å². The average Bonchev–Trinajstić information content (AvgIpc) is 2.81. The van der Waals surface area contributed by atoms with Crippen LogP contribution in [0.25, 0.3) is 0 Å². The van der Waals surface area contributed by atoms with Crippen LogP contribution >= 0.6 is 11.6 Å². The van der Waals surface area contributed by atoms with Crippen molar-refractivity contribution in [1.29, 1.82) is 0 Å². The van der Waals surface area contributed by atoms with Gasteiger partial charge in [0.2, 0.25) is 5.91 Å². The Labute approximate surface area is 217 Å². The molecule has 36 heavy (non-hydrogen) atoms. The molecule has 8 nitrogen and oxygen atoms in total. The second-order valence-electron chi connectivity index (χ2n) is 9.68. The Balaban J connectivity index is 2.44. The van der Waals surface area contributed by atoms with Crippen molar-refractivity contribution in [2.45, 2.75) is 53.9 Å². The number of primary amides is 2. The fourth-order valence-corrected chi connectivity index (χ4v) is 4.62. The summed E-state index contributed by atoms with van der Waals surface area (Å²) in [6.45, 7) is 9.19. The molecule has 3 atom stereocenters. The van der Waals surface area contributed by atoms with Crippen LogP contribution in [0.5, 0.6) is 11.5 Å². The van der Waals surface area contributed by atoms with Crippen LogP contribution in [-0.4, -0.2) is 42.1 Å². The Bertz CT molecular complexity index is 1130. The van der Waals surface area contributed by atoms with Gasteiger partial charge in [0.1, 0.15) is 23.8 Å². The second kappa shape index (κ2) is 12.2. The van der Waals surface area contributed by atoms with E-state index in [0.29, 0.717) is 29.0 Å². The van der Waals surface area contributed by atoms with Gasteiger partial charge in [0.25, 0.3) is 5.91 Å². The maximum atomic E-state index is 12.3. The third-order valence-electron chi connectivity index (χ3n) is 7.21.